The van der Waals surface area contributed by atoms with Crippen LogP contribution in [0.5, 0.6) is 0 Å². The molecule has 1 aliphatic heterocycles. The van der Waals surface area contributed by atoms with Crippen molar-refractivity contribution < 1.29 is 45.7 Å². The minimum Gasteiger partial charge on any atom is -0.443 e. The van der Waals surface area contributed by atoms with E-state index >= 15 is 0 Å². The van der Waals surface area contributed by atoms with Crippen molar-refractivity contribution in [3.05, 3.63) is 35.3 Å². The first kappa shape index (κ1) is 28.9. The van der Waals surface area contributed by atoms with Crippen LogP contribution in [0.3, 0.4) is 0 Å². The van der Waals surface area contributed by atoms with E-state index in [0.717, 1.165) is 4.90 Å². The first-order chi connectivity index (χ1) is 18.8. The van der Waals surface area contributed by atoms with Gasteiger partial charge in [0.1, 0.15) is 35.9 Å². The van der Waals surface area contributed by atoms with Crippen molar-refractivity contribution in [2.75, 3.05) is 11.9 Å². The highest BCUT2D eigenvalue weighted by atomic mass is 19.4. The van der Waals surface area contributed by atoms with Crippen molar-refractivity contribution >= 4 is 23.8 Å². The van der Waals surface area contributed by atoms with Crippen LogP contribution in [0.15, 0.2) is 23.0 Å². The summed E-state index contributed by atoms with van der Waals surface area (Å²) in [6.07, 6.45) is -5.34. The molecular formula is C23H26F5N7O5. The van der Waals surface area contributed by atoms with E-state index in [1.165, 1.54) is 18.3 Å². The van der Waals surface area contributed by atoms with Crippen molar-refractivity contribution in [2.24, 2.45) is 5.92 Å². The van der Waals surface area contributed by atoms with Gasteiger partial charge in [-0.3, -0.25) is 4.79 Å². The van der Waals surface area contributed by atoms with E-state index in [-0.39, 0.29) is 37.5 Å². The van der Waals surface area contributed by atoms with Crippen LogP contribution in [0.4, 0.5) is 37.4 Å². The first-order valence-electron chi connectivity index (χ1n) is 12.3. The normalized spacial score (nSPS) is 20.1. The molecule has 3 heterocycles. The maximum absolute atomic E-state index is 13.8. The number of rotatable bonds is 8. The quantitative estimate of drug-likeness (QED) is 0.406. The third-order valence-corrected chi connectivity index (χ3v) is 6.71. The zero-order valence-corrected chi connectivity index (χ0v) is 21.1. The molecule has 17 heteroatoms. The fraction of sp³-hybridized carbons (Fsp3) is 0.565. The van der Waals surface area contributed by atoms with Gasteiger partial charge in [0.05, 0.1) is 6.54 Å². The standard InChI is InChI=1S/C23H26F5N7O5/c1-12-15(34-40-33-12)11-39-21(38)32-18(14-2-5-22(24,25)6-3-14)19(36)31-17-8-13(4-7-29-17)9-35-10-16(23(26,27)28)30-20(35)37/h4,7-8,14,16,18H,2-3,5-6,9-11H2,1H3,(H,30,37)(H,32,38)(H,29,31,36)/t16-,18-/m0/s1. The van der Waals surface area contributed by atoms with Gasteiger partial charge < -0.3 is 25.6 Å². The Kier molecular flexibility index (Phi) is 8.39. The largest absolute Gasteiger partial charge is 0.443 e. The van der Waals surface area contributed by atoms with Gasteiger partial charge in [0.2, 0.25) is 11.8 Å². The molecule has 1 saturated carbocycles. The maximum atomic E-state index is 13.8. The molecule has 2 aliphatic rings. The molecule has 1 saturated heterocycles. The monoisotopic (exact) mass is 575 g/mol. The summed E-state index contributed by atoms with van der Waals surface area (Å²) in [6, 6.07) is -1.33. The summed E-state index contributed by atoms with van der Waals surface area (Å²) in [4.78, 5) is 42.6. The van der Waals surface area contributed by atoms with Gasteiger partial charge in [-0.05, 0) is 43.4 Å². The van der Waals surface area contributed by atoms with Crippen molar-refractivity contribution in [1.82, 2.24) is 30.8 Å². The van der Waals surface area contributed by atoms with Crippen LogP contribution in [-0.4, -0.2) is 69.0 Å². The highest BCUT2D eigenvalue weighted by molar-refractivity contribution is 5.96. The molecule has 2 atom stereocenters. The topological polar surface area (TPSA) is 152 Å². The summed E-state index contributed by atoms with van der Waals surface area (Å²) in [5.41, 5.74) is 1.02. The fourth-order valence-corrected chi connectivity index (χ4v) is 4.45. The molecule has 0 radical (unpaired) electrons. The van der Waals surface area contributed by atoms with Gasteiger partial charge in [-0.2, -0.15) is 13.2 Å². The minimum absolute atomic E-state index is 0.0138. The van der Waals surface area contributed by atoms with Gasteiger partial charge in [-0.25, -0.2) is 28.0 Å². The van der Waals surface area contributed by atoms with Crippen molar-refractivity contribution in [3.8, 4) is 0 Å². The number of halogens is 5. The SMILES string of the molecule is Cc1nonc1COC(=O)N[C@H](C(=O)Nc1cc(CN2C[C@@H](C(F)(F)F)NC2=O)ccn1)C1CCC(F)(F)CC1. The Balaban J connectivity index is 1.42. The lowest BCUT2D eigenvalue weighted by Gasteiger charge is -2.33. The van der Waals surface area contributed by atoms with E-state index in [4.69, 9.17) is 4.74 Å². The molecule has 218 valence electrons. The second-order valence-electron chi connectivity index (χ2n) is 9.65. The lowest BCUT2D eigenvalue weighted by molar-refractivity contribution is -0.149. The molecule has 12 nitrogen and oxygen atoms in total. The highest BCUT2D eigenvalue weighted by Gasteiger charge is 2.47. The molecule has 0 unspecified atom stereocenters. The number of aromatic nitrogens is 3. The van der Waals surface area contributed by atoms with E-state index < -0.39 is 67.5 Å². The summed E-state index contributed by atoms with van der Waals surface area (Å²) in [6.45, 7) is 0.501. The average Bonchev–Trinajstić information content (AvgIpc) is 3.46. The van der Waals surface area contributed by atoms with Crippen LogP contribution < -0.4 is 16.0 Å². The van der Waals surface area contributed by atoms with Crippen LogP contribution >= 0.6 is 0 Å². The van der Waals surface area contributed by atoms with Crippen LogP contribution in [0, 0.1) is 12.8 Å². The summed E-state index contributed by atoms with van der Waals surface area (Å²) >= 11 is 0. The zero-order chi connectivity index (χ0) is 29.1. The number of carbonyl (C=O) groups excluding carboxylic acids is 3. The maximum Gasteiger partial charge on any atom is 0.410 e. The van der Waals surface area contributed by atoms with Crippen molar-refractivity contribution in [1.29, 1.82) is 0 Å². The molecule has 0 bridgehead atoms. The van der Waals surface area contributed by atoms with E-state index in [2.05, 4.69) is 30.6 Å². The number of pyridine rings is 1. The van der Waals surface area contributed by atoms with Crippen molar-refractivity contribution in [2.45, 2.75) is 69.9 Å². The third-order valence-electron chi connectivity index (χ3n) is 6.71. The van der Waals surface area contributed by atoms with E-state index in [9.17, 15) is 36.3 Å². The zero-order valence-electron chi connectivity index (χ0n) is 21.1. The Morgan fingerprint density at radius 2 is 2.00 bits per heavy atom. The number of alkyl halides is 5. The number of hydrogen-bond acceptors (Lipinski definition) is 8. The molecule has 2 fully saturated rings. The molecule has 1 aliphatic carbocycles. The predicted molar refractivity (Wildman–Crippen MR) is 125 cm³/mol. The summed E-state index contributed by atoms with van der Waals surface area (Å²) in [5.74, 6) is -4.29. The van der Waals surface area contributed by atoms with Gasteiger partial charge in [-0.1, -0.05) is 10.3 Å². The minimum atomic E-state index is -4.60. The van der Waals surface area contributed by atoms with E-state index in [1.807, 2.05) is 5.32 Å². The number of hydrogen-bond donors (Lipinski definition) is 3. The smallest absolute Gasteiger partial charge is 0.410 e. The second kappa shape index (κ2) is 11.6. The number of amides is 4. The van der Waals surface area contributed by atoms with Crippen LogP contribution in [0.25, 0.3) is 0 Å². The van der Waals surface area contributed by atoms with Crippen LogP contribution in [0.1, 0.15) is 42.6 Å². The Morgan fingerprint density at radius 3 is 2.62 bits per heavy atom. The molecular weight excluding hydrogens is 549 g/mol. The summed E-state index contributed by atoms with van der Waals surface area (Å²) < 4.78 is 76.0. The lowest BCUT2D eigenvalue weighted by atomic mass is 9.81. The van der Waals surface area contributed by atoms with Crippen LogP contribution in [0.2, 0.25) is 0 Å². The Morgan fingerprint density at radius 1 is 1.27 bits per heavy atom. The van der Waals surface area contributed by atoms with Gasteiger partial charge >= 0.3 is 18.3 Å². The van der Waals surface area contributed by atoms with Gasteiger partial charge in [0.15, 0.2) is 0 Å². The van der Waals surface area contributed by atoms with E-state index in [0.29, 0.717) is 11.3 Å². The molecule has 2 aromatic heterocycles. The Bertz CT molecular complexity index is 1230. The summed E-state index contributed by atoms with van der Waals surface area (Å²) in [5, 5.41) is 13.9. The fourth-order valence-electron chi connectivity index (χ4n) is 4.45. The first-order valence-corrected chi connectivity index (χ1v) is 12.3. The Hall–Kier alpha value is -4.05. The summed E-state index contributed by atoms with van der Waals surface area (Å²) in [7, 11) is 0. The van der Waals surface area contributed by atoms with Crippen molar-refractivity contribution in [3.63, 3.8) is 0 Å². The van der Waals surface area contributed by atoms with Gasteiger partial charge in [0, 0.05) is 25.6 Å². The molecule has 0 aromatic carbocycles. The number of alkyl carbamates (subject to hydrolysis) is 1. The second-order valence-corrected chi connectivity index (χ2v) is 9.65. The third kappa shape index (κ3) is 7.32. The molecule has 4 rings (SSSR count). The number of aryl methyl sites for hydroxylation is 1. The van der Waals surface area contributed by atoms with Gasteiger partial charge in [0.25, 0.3) is 0 Å². The molecule has 0 spiro atoms. The Labute approximate surface area is 224 Å². The number of nitrogens with one attached hydrogen (secondary N) is 3. The van der Waals surface area contributed by atoms with E-state index in [1.54, 1.807) is 6.92 Å². The number of urea groups is 1. The highest BCUT2D eigenvalue weighted by Crippen LogP contribution is 2.37. The van der Waals surface area contributed by atoms with Gasteiger partial charge in [-0.15, -0.1) is 0 Å². The average molecular weight is 575 g/mol. The molecule has 4 amide bonds. The number of nitrogens with zero attached hydrogens (tertiary/aromatic N) is 4. The number of carbonyl (C=O) groups is 3. The number of anilines is 1. The van der Waals surface area contributed by atoms with Crippen LogP contribution in [-0.2, 0) is 22.7 Å². The molecule has 3 N–H and O–H groups in total. The predicted octanol–water partition coefficient (Wildman–Crippen LogP) is 3.29. The lowest BCUT2D eigenvalue weighted by Crippen LogP contribution is -2.50. The molecule has 40 heavy (non-hydrogen) atoms. The molecule has 2 aromatic rings. The number of ether oxygens (including phenoxy) is 1.